The van der Waals surface area contributed by atoms with Crippen molar-refractivity contribution in [2.45, 2.75) is 69.2 Å². The molecule has 4 N–H and O–H groups in total. The fourth-order valence-corrected chi connectivity index (χ4v) is 6.96. The van der Waals surface area contributed by atoms with Gasteiger partial charge in [0, 0.05) is 30.7 Å². The Morgan fingerprint density at radius 1 is 1.03 bits per heavy atom. The summed E-state index contributed by atoms with van der Waals surface area (Å²) in [4.78, 5) is 15.7. The molecule has 1 amide bonds. The molecule has 2 saturated carbocycles. The molecule has 2 aromatic rings. The van der Waals surface area contributed by atoms with Crippen molar-refractivity contribution in [2.24, 2.45) is 17.8 Å². The summed E-state index contributed by atoms with van der Waals surface area (Å²) >= 11 is 1.71. The van der Waals surface area contributed by atoms with Crippen molar-refractivity contribution in [2.75, 3.05) is 18.0 Å². The van der Waals surface area contributed by atoms with E-state index in [-0.39, 0.29) is 30.0 Å². The molecule has 7 heteroatoms. The Morgan fingerprint density at radius 2 is 1.82 bits per heavy atom. The molecule has 1 aromatic carbocycles. The summed E-state index contributed by atoms with van der Waals surface area (Å²) in [6.45, 7) is 1.83. The third-order valence-electron chi connectivity index (χ3n) is 8.50. The lowest BCUT2D eigenvalue weighted by molar-refractivity contribution is -0.127. The molecule has 182 valence electrons. The van der Waals surface area contributed by atoms with Crippen LogP contribution >= 0.6 is 11.3 Å². The van der Waals surface area contributed by atoms with E-state index >= 15 is 0 Å². The lowest BCUT2D eigenvalue weighted by atomic mass is 9.74. The zero-order valence-electron chi connectivity index (χ0n) is 19.7. The minimum atomic E-state index is -0.150. The van der Waals surface area contributed by atoms with Crippen molar-refractivity contribution in [3.63, 3.8) is 0 Å². The third kappa shape index (κ3) is 4.63. The summed E-state index contributed by atoms with van der Waals surface area (Å²) < 4.78 is 0. The molecule has 0 bridgehead atoms. The average Bonchev–Trinajstić information content (AvgIpc) is 3.38. The van der Waals surface area contributed by atoms with Crippen LogP contribution in [0.5, 0.6) is 0 Å². The number of carbonyl (C=O) groups excluding carboxylic acids is 1. The molecule has 0 spiro atoms. The Labute approximate surface area is 206 Å². The van der Waals surface area contributed by atoms with Crippen molar-refractivity contribution in [1.82, 2.24) is 16.2 Å². The van der Waals surface area contributed by atoms with Crippen molar-refractivity contribution < 1.29 is 9.90 Å². The van der Waals surface area contributed by atoms with E-state index in [1.165, 1.54) is 29.7 Å². The number of aliphatic hydroxyl groups excluding tert-OH is 1. The third-order valence-corrected chi connectivity index (χ3v) is 9.20. The van der Waals surface area contributed by atoms with Crippen molar-refractivity contribution in [1.29, 1.82) is 0 Å². The fourth-order valence-electron chi connectivity index (χ4n) is 6.27. The summed E-state index contributed by atoms with van der Waals surface area (Å²) in [5.41, 5.74) is 10.9. The van der Waals surface area contributed by atoms with Gasteiger partial charge < -0.3 is 15.3 Å². The number of fused-ring (bicyclic) bond motifs is 1. The molecule has 6 nitrogen and oxygen atoms in total. The first-order valence-electron chi connectivity index (χ1n) is 13.0. The van der Waals surface area contributed by atoms with Crippen LogP contribution in [-0.4, -0.2) is 36.2 Å². The van der Waals surface area contributed by atoms with Gasteiger partial charge in [0.15, 0.2) is 0 Å². The van der Waals surface area contributed by atoms with E-state index in [2.05, 4.69) is 62.2 Å². The maximum atomic E-state index is 13.3. The normalized spacial score (nSPS) is 30.7. The van der Waals surface area contributed by atoms with Crippen LogP contribution in [0.3, 0.4) is 0 Å². The summed E-state index contributed by atoms with van der Waals surface area (Å²) in [5, 5.41) is 17.5. The molecular formula is C27H36N4O2S. The van der Waals surface area contributed by atoms with E-state index in [1.807, 2.05) is 0 Å². The van der Waals surface area contributed by atoms with Gasteiger partial charge in [-0.15, -0.1) is 0 Å². The number of piperidine rings is 1. The van der Waals surface area contributed by atoms with Gasteiger partial charge in [-0.1, -0.05) is 12.1 Å². The van der Waals surface area contributed by atoms with E-state index in [0.29, 0.717) is 17.9 Å². The highest BCUT2D eigenvalue weighted by atomic mass is 32.1. The first-order valence-corrected chi connectivity index (χ1v) is 14.0. The Bertz CT molecular complexity index is 969. The second kappa shape index (κ2) is 9.61. The number of hydrogen-bond donors (Lipinski definition) is 4. The Balaban J connectivity index is 1.11. The van der Waals surface area contributed by atoms with Crippen LogP contribution in [0.4, 0.5) is 5.69 Å². The molecular weight excluding hydrogens is 444 g/mol. The zero-order chi connectivity index (χ0) is 23.1. The molecule has 6 rings (SSSR count). The molecule has 2 aliphatic heterocycles. The van der Waals surface area contributed by atoms with E-state index < -0.39 is 0 Å². The Kier molecular flexibility index (Phi) is 6.37. The molecule has 5 unspecified atom stereocenters. The van der Waals surface area contributed by atoms with E-state index in [1.54, 1.807) is 11.3 Å². The van der Waals surface area contributed by atoms with Gasteiger partial charge in [0.2, 0.25) is 5.91 Å². The number of hydrazine groups is 1. The Morgan fingerprint density at radius 3 is 2.53 bits per heavy atom. The highest BCUT2D eigenvalue weighted by Gasteiger charge is 2.43. The van der Waals surface area contributed by atoms with E-state index in [9.17, 15) is 9.90 Å². The minimum Gasteiger partial charge on any atom is -0.393 e. The topological polar surface area (TPSA) is 76.6 Å². The largest absolute Gasteiger partial charge is 0.393 e. The maximum absolute atomic E-state index is 13.3. The molecule has 4 aliphatic rings. The second-order valence-electron chi connectivity index (χ2n) is 10.7. The quantitative estimate of drug-likeness (QED) is 0.504. The van der Waals surface area contributed by atoms with Crippen LogP contribution in [0.1, 0.15) is 68.2 Å². The van der Waals surface area contributed by atoms with Gasteiger partial charge in [0.25, 0.3) is 0 Å². The summed E-state index contributed by atoms with van der Waals surface area (Å²) in [6, 6.07) is 11.9. The van der Waals surface area contributed by atoms with Crippen LogP contribution in [0.25, 0.3) is 0 Å². The monoisotopic (exact) mass is 480 g/mol. The van der Waals surface area contributed by atoms with Crippen molar-refractivity contribution in [3.05, 3.63) is 52.2 Å². The highest BCUT2D eigenvalue weighted by molar-refractivity contribution is 7.08. The van der Waals surface area contributed by atoms with Crippen LogP contribution in [0.15, 0.2) is 41.1 Å². The molecule has 2 saturated heterocycles. The molecule has 4 fully saturated rings. The maximum Gasteiger partial charge on any atom is 0.223 e. The van der Waals surface area contributed by atoms with Gasteiger partial charge in [-0.2, -0.15) is 11.3 Å². The first-order chi connectivity index (χ1) is 16.7. The highest BCUT2D eigenvalue weighted by Crippen LogP contribution is 2.44. The number of amides is 1. The summed E-state index contributed by atoms with van der Waals surface area (Å²) in [7, 11) is 0. The lowest BCUT2D eigenvalue weighted by Crippen LogP contribution is -2.41. The second-order valence-corrected chi connectivity index (χ2v) is 11.5. The van der Waals surface area contributed by atoms with Gasteiger partial charge >= 0.3 is 0 Å². The van der Waals surface area contributed by atoms with Gasteiger partial charge in [0.1, 0.15) is 0 Å². The van der Waals surface area contributed by atoms with Crippen molar-refractivity contribution >= 4 is 22.9 Å². The number of carbonyl (C=O) groups is 1. The molecule has 3 heterocycles. The number of thiophene rings is 1. The number of nitrogens with zero attached hydrogens (tertiary/aromatic N) is 1. The standard InChI is InChI=1S/C27H36N4O2S/c32-22-9-12-31(13-10-22)21-6-3-18(4-7-21)26-23-15-19(5-8-24(23)29-30-26)27(33)28-25(17-1-2-17)20-11-14-34-16-20/h3-4,6-7,11,14,16-17,19,22-26,29-30,32H,1-2,5,8-10,12-13,15H2,(H,28,33). The SMILES string of the molecule is O=C(NC(c1ccsc1)C1CC1)C1CCC2NNC(c3ccc(N4CCC(O)CC4)cc3)C2C1. The van der Waals surface area contributed by atoms with Crippen LogP contribution in [-0.2, 0) is 4.79 Å². The van der Waals surface area contributed by atoms with E-state index in [4.69, 9.17) is 0 Å². The number of aliphatic hydroxyl groups is 1. The number of anilines is 1. The number of benzene rings is 1. The fraction of sp³-hybridized carbons (Fsp3) is 0.593. The predicted molar refractivity (Wildman–Crippen MR) is 135 cm³/mol. The van der Waals surface area contributed by atoms with Crippen LogP contribution in [0, 0.1) is 17.8 Å². The molecule has 5 atom stereocenters. The molecule has 1 aromatic heterocycles. The summed E-state index contributed by atoms with van der Waals surface area (Å²) in [6.07, 6.45) is 6.90. The van der Waals surface area contributed by atoms with E-state index in [0.717, 1.165) is 45.2 Å². The van der Waals surface area contributed by atoms with Crippen LogP contribution < -0.4 is 21.1 Å². The van der Waals surface area contributed by atoms with Gasteiger partial charge in [-0.05, 0) is 96.9 Å². The smallest absolute Gasteiger partial charge is 0.223 e. The Hall–Kier alpha value is -1.93. The zero-order valence-corrected chi connectivity index (χ0v) is 20.5. The molecule has 34 heavy (non-hydrogen) atoms. The predicted octanol–water partition coefficient (Wildman–Crippen LogP) is 3.91. The lowest BCUT2D eigenvalue weighted by Gasteiger charge is -2.34. The molecule has 2 aliphatic carbocycles. The average molecular weight is 481 g/mol. The van der Waals surface area contributed by atoms with Gasteiger partial charge in [0.05, 0.1) is 18.2 Å². The van der Waals surface area contributed by atoms with Crippen LogP contribution in [0.2, 0.25) is 0 Å². The van der Waals surface area contributed by atoms with Gasteiger partial charge in [-0.25, -0.2) is 5.43 Å². The summed E-state index contributed by atoms with van der Waals surface area (Å²) in [5.74, 6) is 1.36. The molecule has 0 radical (unpaired) electrons. The van der Waals surface area contributed by atoms with Gasteiger partial charge in [-0.3, -0.25) is 10.2 Å². The first kappa shape index (κ1) is 22.5. The number of rotatable bonds is 6. The number of nitrogens with one attached hydrogen (secondary N) is 3. The van der Waals surface area contributed by atoms with Crippen molar-refractivity contribution in [3.8, 4) is 0 Å². The minimum absolute atomic E-state index is 0.0874. The number of hydrogen-bond acceptors (Lipinski definition) is 6.